The molecule has 0 amide bonds. The Labute approximate surface area is 109 Å². The summed E-state index contributed by atoms with van der Waals surface area (Å²) in [6, 6.07) is 9.08. The molecule has 5 heteroatoms. The maximum absolute atomic E-state index is 10.4. The van der Waals surface area contributed by atoms with Crippen molar-refractivity contribution in [1.29, 1.82) is 0 Å². The number of nitrogens with zero attached hydrogens (tertiary/aromatic N) is 2. The lowest BCUT2D eigenvalue weighted by molar-refractivity contribution is 0.216. The molecule has 0 saturated carbocycles. The second kappa shape index (κ2) is 4.70. The Morgan fingerprint density at radius 1 is 1.21 bits per heavy atom. The lowest BCUT2D eigenvalue weighted by atomic mass is 10.0. The molecule has 0 bridgehead atoms. The van der Waals surface area contributed by atoms with Crippen molar-refractivity contribution in [2.75, 3.05) is 7.11 Å². The van der Waals surface area contributed by atoms with E-state index in [0.29, 0.717) is 5.69 Å². The minimum atomic E-state index is -0.764. The summed E-state index contributed by atoms with van der Waals surface area (Å²) in [6.45, 7) is 0. The molecule has 1 unspecified atom stereocenters. The van der Waals surface area contributed by atoms with Crippen LogP contribution in [0, 0.1) is 0 Å². The zero-order valence-corrected chi connectivity index (χ0v) is 10.4. The summed E-state index contributed by atoms with van der Waals surface area (Å²) >= 11 is 0. The molecule has 0 fully saturated rings. The molecule has 0 aliphatic rings. The Morgan fingerprint density at radius 3 is 2.74 bits per heavy atom. The van der Waals surface area contributed by atoms with E-state index in [2.05, 4.69) is 15.2 Å². The lowest BCUT2D eigenvalue weighted by Crippen LogP contribution is -2.00. The molecule has 0 aliphatic carbocycles. The summed E-state index contributed by atoms with van der Waals surface area (Å²) in [5.41, 5.74) is 2.21. The Kier molecular flexibility index (Phi) is 2.89. The first-order valence-electron chi connectivity index (χ1n) is 5.89. The SMILES string of the molecule is COc1ccc(C(O)c2[nH]nc3ccncc23)cc1. The number of hydrogen-bond donors (Lipinski definition) is 2. The molecule has 2 N–H and O–H groups in total. The first-order chi connectivity index (χ1) is 9.29. The number of aliphatic hydroxyl groups is 1. The van der Waals surface area contributed by atoms with Gasteiger partial charge in [-0.05, 0) is 23.8 Å². The zero-order valence-electron chi connectivity index (χ0n) is 10.4. The Hall–Kier alpha value is -2.40. The van der Waals surface area contributed by atoms with Gasteiger partial charge < -0.3 is 9.84 Å². The van der Waals surface area contributed by atoms with Gasteiger partial charge in [-0.15, -0.1) is 0 Å². The zero-order chi connectivity index (χ0) is 13.2. The second-order valence-electron chi connectivity index (χ2n) is 4.21. The predicted molar refractivity (Wildman–Crippen MR) is 70.9 cm³/mol. The first-order valence-corrected chi connectivity index (χ1v) is 5.89. The van der Waals surface area contributed by atoms with Gasteiger partial charge in [-0.1, -0.05) is 12.1 Å². The lowest BCUT2D eigenvalue weighted by Gasteiger charge is -2.10. The molecule has 19 heavy (non-hydrogen) atoms. The van der Waals surface area contributed by atoms with Crippen LogP contribution in [0.25, 0.3) is 10.9 Å². The first kappa shape index (κ1) is 11.7. The molecule has 1 aromatic carbocycles. The van der Waals surface area contributed by atoms with Gasteiger partial charge in [0.25, 0.3) is 0 Å². The summed E-state index contributed by atoms with van der Waals surface area (Å²) in [4.78, 5) is 4.06. The number of pyridine rings is 1. The number of nitrogens with one attached hydrogen (secondary N) is 1. The summed E-state index contributed by atoms with van der Waals surface area (Å²) in [5, 5.41) is 18.2. The number of H-pyrrole nitrogens is 1. The van der Waals surface area contributed by atoms with Crippen LogP contribution in [-0.2, 0) is 0 Å². The number of aromatic amines is 1. The van der Waals surface area contributed by atoms with E-state index in [1.54, 1.807) is 25.6 Å². The molecule has 2 heterocycles. The van der Waals surface area contributed by atoms with Crippen LogP contribution in [0.5, 0.6) is 5.75 Å². The molecule has 1 atom stereocenters. The fraction of sp³-hybridized carbons (Fsp3) is 0.143. The largest absolute Gasteiger partial charge is 0.497 e. The van der Waals surface area contributed by atoms with Gasteiger partial charge in [-0.25, -0.2) is 0 Å². The third-order valence-corrected chi connectivity index (χ3v) is 3.09. The van der Waals surface area contributed by atoms with E-state index in [0.717, 1.165) is 22.2 Å². The summed E-state index contributed by atoms with van der Waals surface area (Å²) < 4.78 is 5.10. The average Bonchev–Trinajstić information content (AvgIpc) is 2.90. The van der Waals surface area contributed by atoms with Crippen molar-refractivity contribution in [1.82, 2.24) is 15.2 Å². The van der Waals surface area contributed by atoms with Gasteiger partial charge in [-0.2, -0.15) is 5.10 Å². The molecular formula is C14H13N3O2. The van der Waals surface area contributed by atoms with Crippen LogP contribution >= 0.6 is 0 Å². The second-order valence-corrected chi connectivity index (χ2v) is 4.21. The number of hydrogen-bond acceptors (Lipinski definition) is 4. The van der Waals surface area contributed by atoms with E-state index >= 15 is 0 Å². The van der Waals surface area contributed by atoms with Crippen LogP contribution in [0.3, 0.4) is 0 Å². The van der Waals surface area contributed by atoms with Crippen molar-refractivity contribution >= 4 is 10.9 Å². The van der Waals surface area contributed by atoms with Gasteiger partial charge in [0.15, 0.2) is 0 Å². The number of aromatic nitrogens is 3. The van der Waals surface area contributed by atoms with Crippen LogP contribution in [-0.4, -0.2) is 27.4 Å². The normalized spacial score (nSPS) is 12.5. The molecular weight excluding hydrogens is 242 g/mol. The summed E-state index contributed by atoms with van der Waals surface area (Å²) in [6.07, 6.45) is 2.60. The minimum absolute atomic E-state index is 0.647. The van der Waals surface area contributed by atoms with Crippen LogP contribution < -0.4 is 4.74 Å². The van der Waals surface area contributed by atoms with E-state index in [-0.39, 0.29) is 0 Å². The van der Waals surface area contributed by atoms with Gasteiger partial charge in [0.1, 0.15) is 11.9 Å². The van der Waals surface area contributed by atoms with Crippen LogP contribution in [0.2, 0.25) is 0 Å². The maximum atomic E-state index is 10.4. The Bertz CT molecular complexity index is 691. The third kappa shape index (κ3) is 2.04. The monoisotopic (exact) mass is 255 g/mol. The van der Waals surface area contributed by atoms with Gasteiger partial charge >= 0.3 is 0 Å². The highest BCUT2D eigenvalue weighted by molar-refractivity contribution is 5.80. The van der Waals surface area contributed by atoms with E-state index in [1.807, 2.05) is 24.3 Å². The summed E-state index contributed by atoms with van der Waals surface area (Å²) in [5.74, 6) is 0.757. The number of fused-ring (bicyclic) bond motifs is 1. The molecule has 3 rings (SSSR count). The average molecular weight is 255 g/mol. The maximum Gasteiger partial charge on any atom is 0.121 e. The van der Waals surface area contributed by atoms with E-state index < -0.39 is 6.10 Å². The molecule has 0 radical (unpaired) electrons. The number of ether oxygens (including phenoxy) is 1. The smallest absolute Gasteiger partial charge is 0.121 e. The fourth-order valence-electron chi connectivity index (χ4n) is 2.03. The van der Waals surface area contributed by atoms with Crippen LogP contribution in [0.4, 0.5) is 0 Å². The molecule has 3 aromatic rings. The molecule has 96 valence electrons. The molecule has 2 aromatic heterocycles. The van der Waals surface area contributed by atoms with E-state index in [9.17, 15) is 5.11 Å². The standard InChI is InChI=1S/C14H13N3O2/c1-19-10-4-2-9(3-5-10)14(18)13-11-8-15-7-6-12(11)16-17-13/h2-8,14,18H,1H3,(H,16,17). The highest BCUT2D eigenvalue weighted by Gasteiger charge is 2.16. The molecule has 0 saturated heterocycles. The van der Waals surface area contributed by atoms with Gasteiger partial charge in [-0.3, -0.25) is 10.1 Å². The topological polar surface area (TPSA) is 71.0 Å². The number of benzene rings is 1. The number of aliphatic hydroxyl groups excluding tert-OH is 1. The van der Waals surface area contributed by atoms with Crippen LogP contribution in [0.15, 0.2) is 42.7 Å². The molecule has 0 spiro atoms. The Balaban J connectivity index is 2.00. The van der Waals surface area contributed by atoms with Gasteiger partial charge in [0, 0.05) is 17.8 Å². The van der Waals surface area contributed by atoms with Gasteiger partial charge in [0.05, 0.1) is 18.3 Å². The molecule has 0 aliphatic heterocycles. The van der Waals surface area contributed by atoms with Crippen molar-refractivity contribution in [3.8, 4) is 5.75 Å². The van der Waals surface area contributed by atoms with Crippen molar-refractivity contribution in [3.63, 3.8) is 0 Å². The van der Waals surface area contributed by atoms with Gasteiger partial charge in [0.2, 0.25) is 0 Å². The van der Waals surface area contributed by atoms with E-state index in [1.165, 1.54) is 0 Å². The number of rotatable bonds is 3. The van der Waals surface area contributed by atoms with Crippen molar-refractivity contribution < 1.29 is 9.84 Å². The highest BCUT2D eigenvalue weighted by atomic mass is 16.5. The third-order valence-electron chi connectivity index (χ3n) is 3.09. The number of methoxy groups -OCH3 is 1. The summed E-state index contributed by atoms with van der Waals surface area (Å²) in [7, 11) is 1.61. The van der Waals surface area contributed by atoms with Crippen molar-refractivity contribution in [3.05, 3.63) is 54.0 Å². The van der Waals surface area contributed by atoms with Crippen molar-refractivity contribution in [2.24, 2.45) is 0 Å². The van der Waals surface area contributed by atoms with Crippen molar-refractivity contribution in [2.45, 2.75) is 6.10 Å². The minimum Gasteiger partial charge on any atom is -0.497 e. The quantitative estimate of drug-likeness (QED) is 0.751. The molecule has 5 nitrogen and oxygen atoms in total. The predicted octanol–water partition coefficient (Wildman–Crippen LogP) is 2.05. The Morgan fingerprint density at radius 2 is 2.00 bits per heavy atom. The highest BCUT2D eigenvalue weighted by Crippen LogP contribution is 2.27. The van der Waals surface area contributed by atoms with Crippen LogP contribution in [0.1, 0.15) is 17.4 Å². The fourth-order valence-corrected chi connectivity index (χ4v) is 2.03. The van der Waals surface area contributed by atoms with E-state index in [4.69, 9.17) is 4.74 Å².